The van der Waals surface area contributed by atoms with Crippen LogP contribution < -0.4 is 0 Å². The van der Waals surface area contributed by atoms with Crippen molar-refractivity contribution in [2.75, 3.05) is 6.54 Å². The Bertz CT molecular complexity index is 820. The molecule has 23 heavy (non-hydrogen) atoms. The van der Waals surface area contributed by atoms with Crippen molar-refractivity contribution in [2.45, 2.75) is 19.9 Å². The summed E-state index contributed by atoms with van der Waals surface area (Å²) in [6, 6.07) is 8.03. The first kappa shape index (κ1) is 15.6. The first-order valence-corrected chi connectivity index (χ1v) is 8.41. The number of aromatic nitrogens is 1. The molecule has 1 fully saturated rings. The lowest BCUT2D eigenvalue weighted by atomic mass is 10.1. The molecule has 2 aromatic rings. The number of nitrogens with zero attached hydrogens (tertiary/aromatic N) is 2. The van der Waals surface area contributed by atoms with Crippen LogP contribution in [-0.2, 0) is 11.3 Å². The molecule has 0 saturated carbocycles. The number of amides is 2. The molecular formula is C18H18N2O2S. The molecule has 0 atom stereocenters. The Morgan fingerprint density at radius 2 is 2.04 bits per heavy atom. The summed E-state index contributed by atoms with van der Waals surface area (Å²) in [5, 5.41) is 0.884. The van der Waals surface area contributed by atoms with Crippen LogP contribution in [0.1, 0.15) is 18.9 Å². The van der Waals surface area contributed by atoms with Crippen LogP contribution in [0.4, 0.5) is 4.79 Å². The van der Waals surface area contributed by atoms with Crippen molar-refractivity contribution in [3.63, 3.8) is 0 Å². The second kappa shape index (κ2) is 6.46. The van der Waals surface area contributed by atoms with Gasteiger partial charge in [-0.25, -0.2) is 0 Å². The second-order valence-corrected chi connectivity index (χ2v) is 6.37. The van der Waals surface area contributed by atoms with Crippen LogP contribution in [0.3, 0.4) is 0 Å². The molecule has 3 rings (SSSR count). The van der Waals surface area contributed by atoms with E-state index in [1.165, 1.54) is 4.90 Å². The van der Waals surface area contributed by atoms with E-state index in [1.807, 2.05) is 49.5 Å². The molecule has 1 aliphatic heterocycles. The molecule has 2 heterocycles. The fourth-order valence-corrected chi connectivity index (χ4v) is 3.59. The first-order chi connectivity index (χ1) is 11.2. The summed E-state index contributed by atoms with van der Waals surface area (Å²) in [4.78, 5) is 26.1. The van der Waals surface area contributed by atoms with Crippen molar-refractivity contribution in [3.8, 4) is 0 Å². The normalized spacial score (nSPS) is 16.7. The van der Waals surface area contributed by atoms with E-state index >= 15 is 0 Å². The van der Waals surface area contributed by atoms with E-state index in [2.05, 4.69) is 11.1 Å². The van der Waals surface area contributed by atoms with Gasteiger partial charge in [0.25, 0.3) is 11.1 Å². The summed E-state index contributed by atoms with van der Waals surface area (Å²) in [5.74, 6) is -0.192. The maximum absolute atomic E-state index is 12.4. The van der Waals surface area contributed by atoms with Gasteiger partial charge < -0.3 is 4.57 Å². The third-order valence-corrected chi connectivity index (χ3v) is 4.66. The van der Waals surface area contributed by atoms with E-state index in [0.717, 1.165) is 34.6 Å². The van der Waals surface area contributed by atoms with Gasteiger partial charge >= 0.3 is 0 Å². The highest BCUT2D eigenvalue weighted by Gasteiger charge is 2.34. The van der Waals surface area contributed by atoms with Crippen molar-refractivity contribution in [2.24, 2.45) is 0 Å². The molecule has 0 aliphatic carbocycles. The number of allylic oxidation sites excluding steroid dienone is 1. The van der Waals surface area contributed by atoms with Gasteiger partial charge in [0.15, 0.2) is 0 Å². The molecule has 0 bridgehead atoms. The molecule has 1 aromatic heterocycles. The van der Waals surface area contributed by atoms with Crippen molar-refractivity contribution < 1.29 is 9.59 Å². The van der Waals surface area contributed by atoms with Gasteiger partial charge in [-0.3, -0.25) is 14.5 Å². The molecule has 0 unspecified atom stereocenters. The maximum atomic E-state index is 12.4. The van der Waals surface area contributed by atoms with Crippen LogP contribution in [0.2, 0.25) is 0 Å². The summed E-state index contributed by atoms with van der Waals surface area (Å²) in [6.07, 6.45) is 6.43. The topological polar surface area (TPSA) is 42.3 Å². The molecule has 118 valence electrons. The maximum Gasteiger partial charge on any atom is 0.293 e. The van der Waals surface area contributed by atoms with Gasteiger partial charge in [0, 0.05) is 35.8 Å². The van der Waals surface area contributed by atoms with E-state index in [4.69, 9.17) is 0 Å². The molecule has 0 N–H and O–H groups in total. The quantitative estimate of drug-likeness (QED) is 0.608. The Kier molecular flexibility index (Phi) is 4.39. The van der Waals surface area contributed by atoms with Gasteiger partial charge in [-0.1, -0.05) is 31.2 Å². The van der Waals surface area contributed by atoms with E-state index < -0.39 is 0 Å². The van der Waals surface area contributed by atoms with Crippen LogP contribution in [0.15, 0.2) is 48.0 Å². The molecule has 4 nitrogen and oxygen atoms in total. The van der Waals surface area contributed by atoms with Gasteiger partial charge in [-0.2, -0.15) is 0 Å². The highest BCUT2D eigenvalue weighted by atomic mass is 32.2. The fraction of sp³-hybridized carbons (Fsp3) is 0.222. The molecule has 1 aliphatic rings. The summed E-state index contributed by atoms with van der Waals surface area (Å²) >= 11 is 1.02. The van der Waals surface area contributed by atoms with E-state index in [9.17, 15) is 9.59 Å². The van der Waals surface area contributed by atoms with E-state index in [1.54, 1.807) is 0 Å². The average Bonchev–Trinajstić information content (AvgIpc) is 3.02. The largest absolute Gasteiger partial charge is 0.343 e. The van der Waals surface area contributed by atoms with E-state index in [0.29, 0.717) is 18.0 Å². The molecule has 1 aromatic carbocycles. The number of thioether (sulfide) groups is 1. The first-order valence-electron chi connectivity index (χ1n) is 7.59. The Morgan fingerprint density at radius 1 is 1.26 bits per heavy atom. The van der Waals surface area contributed by atoms with Gasteiger partial charge in [0.1, 0.15) is 0 Å². The standard InChI is InChI=1S/C18H18N2O2S/c1-3-9-19-12-13(14-7-5-6-8-15(14)19)11-16-17(21)20(10-4-2)18(22)23-16/h3,5-8,11-12H,1,4,9-10H2,2H3/b16-11+. The van der Waals surface area contributed by atoms with Crippen LogP contribution in [0, 0.1) is 0 Å². The highest BCUT2D eigenvalue weighted by Crippen LogP contribution is 2.34. The number of rotatable bonds is 5. The lowest BCUT2D eigenvalue weighted by Crippen LogP contribution is -2.28. The number of carbonyl (C=O) groups excluding carboxylic acids is 2. The van der Waals surface area contributed by atoms with Crippen LogP contribution >= 0.6 is 11.8 Å². The number of para-hydroxylation sites is 1. The highest BCUT2D eigenvalue weighted by molar-refractivity contribution is 8.18. The summed E-state index contributed by atoms with van der Waals surface area (Å²) < 4.78 is 2.09. The Morgan fingerprint density at radius 3 is 2.78 bits per heavy atom. The smallest absolute Gasteiger partial charge is 0.293 e. The average molecular weight is 326 g/mol. The summed E-state index contributed by atoms with van der Waals surface area (Å²) in [6.45, 7) is 6.91. The molecule has 5 heteroatoms. The predicted octanol–water partition coefficient (Wildman–Crippen LogP) is 4.27. The van der Waals surface area contributed by atoms with Crippen LogP contribution in [0.25, 0.3) is 17.0 Å². The number of fused-ring (bicyclic) bond motifs is 1. The van der Waals surface area contributed by atoms with Crippen LogP contribution in [-0.4, -0.2) is 27.2 Å². The summed E-state index contributed by atoms with van der Waals surface area (Å²) in [5.41, 5.74) is 2.04. The van der Waals surface area contributed by atoms with Gasteiger partial charge in [-0.05, 0) is 30.3 Å². The molecule has 0 spiro atoms. The zero-order valence-electron chi connectivity index (χ0n) is 13.0. The number of imide groups is 1. The van der Waals surface area contributed by atoms with Crippen molar-refractivity contribution in [1.29, 1.82) is 0 Å². The Hall–Kier alpha value is -2.27. The third-order valence-electron chi connectivity index (χ3n) is 3.75. The van der Waals surface area contributed by atoms with Crippen molar-refractivity contribution >= 4 is 39.9 Å². The minimum absolute atomic E-state index is 0.182. The zero-order chi connectivity index (χ0) is 16.4. The third kappa shape index (κ3) is 2.84. The van der Waals surface area contributed by atoms with Gasteiger partial charge in [0.2, 0.25) is 0 Å². The van der Waals surface area contributed by atoms with Gasteiger partial charge in [0.05, 0.1) is 4.91 Å². The Labute approximate surface area is 139 Å². The number of hydrogen-bond acceptors (Lipinski definition) is 3. The molecule has 1 saturated heterocycles. The lowest BCUT2D eigenvalue weighted by molar-refractivity contribution is -0.122. The Balaban J connectivity index is 2.03. The minimum atomic E-state index is -0.192. The zero-order valence-corrected chi connectivity index (χ0v) is 13.8. The molecule has 2 amide bonds. The van der Waals surface area contributed by atoms with Crippen molar-refractivity contribution in [3.05, 3.63) is 53.6 Å². The van der Waals surface area contributed by atoms with Gasteiger partial charge in [-0.15, -0.1) is 6.58 Å². The summed E-state index contributed by atoms with van der Waals surface area (Å²) in [7, 11) is 0. The monoisotopic (exact) mass is 326 g/mol. The predicted molar refractivity (Wildman–Crippen MR) is 95.1 cm³/mol. The number of hydrogen-bond donors (Lipinski definition) is 0. The van der Waals surface area contributed by atoms with Crippen LogP contribution in [0.5, 0.6) is 0 Å². The second-order valence-electron chi connectivity index (χ2n) is 5.38. The van der Waals surface area contributed by atoms with E-state index in [-0.39, 0.29) is 11.1 Å². The minimum Gasteiger partial charge on any atom is -0.343 e. The lowest BCUT2D eigenvalue weighted by Gasteiger charge is -2.09. The SMILES string of the molecule is C=CCn1cc(/C=C2/SC(=O)N(CCC)C2=O)c2ccccc21. The number of carbonyl (C=O) groups is 2. The fourth-order valence-electron chi connectivity index (χ4n) is 2.74. The molecule has 0 radical (unpaired) electrons. The molecular weight excluding hydrogens is 308 g/mol. The number of benzene rings is 1. The van der Waals surface area contributed by atoms with Crippen molar-refractivity contribution in [1.82, 2.24) is 9.47 Å².